The lowest BCUT2D eigenvalue weighted by atomic mass is 9.88. The fourth-order valence-corrected chi connectivity index (χ4v) is 2.55. The molecule has 1 N–H and O–H groups in total. The summed E-state index contributed by atoms with van der Waals surface area (Å²) in [5.74, 6) is 0.753. The van der Waals surface area contributed by atoms with Gasteiger partial charge in [0.15, 0.2) is 0 Å². The van der Waals surface area contributed by atoms with E-state index in [2.05, 4.69) is 4.98 Å². The average molecular weight is 249 g/mol. The number of aliphatic hydroxyl groups is 1. The van der Waals surface area contributed by atoms with Crippen molar-refractivity contribution in [2.75, 3.05) is 18.0 Å². The second-order valence-electron chi connectivity index (χ2n) is 5.29. The molecule has 1 aliphatic carbocycles. The van der Waals surface area contributed by atoms with Crippen molar-refractivity contribution < 1.29 is 10.0 Å². The minimum atomic E-state index is -0.653. The summed E-state index contributed by atoms with van der Waals surface area (Å²) in [6, 6.07) is 3.11. The molecule has 6 heteroatoms. The highest BCUT2D eigenvalue weighted by molar-refractivity contribution is 5.60. The molecule has 2 fully saturated rings. The molecule has 0 radical (unpaired) electrons. The van der Waals surface area contributed by atoms with Crippen LogP contribution in [0.1, 0.15) is 18.5 Å². The summed E-state index contributed by atoms with van der Waals surface area (Å²) >= 11 is 0. The molecule has 0 atom stereocenters. The van der Waals surface area contributed by atoms with Crippen LogP contribution >= 0.6 is 0 Å². The van der Waals surface area contributed by atoms with E-state index in [0.29, 0.717) is 24.8 Å². The van der Waals surface area contributed by atoms with E-state index in [1.807, 2.05) is 0 Å². The first kappa shape index (κ1) is 11.4. The van der Waals surface area contributed by atoms with Gasteiger partial charge in [-0.05, 0) is 31.7 Å². The number of pyridine rings is 1. The molecule has 1 aliphatic heterocycles. The fourth-order valence-electron chi connectivity index (χ4n) is 2.55. The molecule has 1 aromatic heterocycles. The molecule has 2 heterocycles. The van der Waals surface area contributed by atoms with Gasteiger partial charge < -0.3 is 10.0 Å². The van der Waals surface area contributed by atoms with Gasteiger partial charge in [-0.2, -0.15) is 0 Å². The zero-order valence-corrected chi connectivity index (χ0v) is 10.2. The van der Waals surface area contributed by atoms with Gasteiger partial charge in [0.05, 0.1) is 18.0 Å². The second-order valence-corrected chi connectivity index (χ2v) is 5.29. The second kappa shape index (κ2) is 3.65. The Morgan fingerprint density at radius 2 is 2.17 bits per heavy atom. The van der Waals surface area contributed by atoms with Crippen molar-refractivity contribution in [2.24, 2.45) is 5.92 Å². The standard InChI is InChI=1S/C12H15N3O3/c1-8-2-5-10(15(17)18)11(13-8)14-6-12(16,7-14)9-3-4-9/h2,5,9,16H,3-4,6-7H2,1H3. The number of aromatic nitrogens is 1. The maximum Gasteiger partial charge on any atom is 0.311 e. The van der Waals surface area contributed by atoms with E-state index in [9.17, 15) is 15.2 Å². The Balaban J connectivity index is 1.84. The van der Waals surface area contributed by atoms with Crippen molar-refractivity contribution in [1.82, 2.24) is 4.98 Å². The lowest BCUT2D eigenvalue weighted by Gasteiger charge is -2.47. The van der Waals surface area contributed by atoms with Gasteiger partial charge in [0.1, 0.15) is 5.60 Å². The highest BCUT2D eigenvalue weighted by Gasteiger charge is 2.53. The third-order valence-corrected chi connectivity index (χ3v) is 3.76. The number of nitro groups is 1. The van der Waals surface area contributed by atoms with Gasteiger partial charge in [-0.25, -0.2) is 4.98 Å². The first-order valence-corrected chi connectivity index (χ1v) is 6.09. The van der Waals surface area contributed by atoms with E-state index in [4.69, 9.17) is 0 Å². The molecule has 3 rings (SSSR count). The number of anilines is 1. The van der Waals surface area contributed by atoms with Crippen LogP contribution in [0.2, 0.25) is 0 Å². The molecular formula is C12H15N3O3. The van der Waals surface area contributed by atoms with Crippen LogP contribution in [0.3, 0.4) is 0 Å². The lowest BCUT2D eigenvalue weighted by molar-refractivity contribution is -0.384. The summed E-state index contributed by atoms with van der Waals surface area (Å²) in [5.41, 5.74) is 0.107. The summed E-state index contributed by atoms with van der Waals surface area (Å²) in [6.45, 7) is 2.71. The molecule has 0 aromatic carbocycles. The third kappa shape index (κ3) is 1.73. The summed E-state index contributed by atoms with van der Waals surface area (Å²) in [5, 5.41) is 21.2. The smallest absolute Gasteiger partial charge is 0.311 e. The maximum atomic E-state index is 11.0. The quantitative estimate of drug-likeness (QED) is 0.644. The Morgan fingerprint density at radius 3 is 2.72 bits per heavy atom. The average Bonchev–Trinajstić information content (AvgIpc) is 3.08. The number of hydrogen-bond donors (Lipinski definition) is 1. The summed E-state index contributed by atoms with van der Waals surface area (Å²) in [7, 11) is 0. The zero-order chi connectivity index (χ0) is 12.9. The Morgan fingerprint density at radius 1 is 1.50 bits per heavy atom. The first-order chi connectivity index (χ1) is 8.49. The SMILES string of the molecule is Cc1ccc([N+](=O)[O-])c(N2CC(O)(C3CC3)C2)n1. The molecule has 1 saturated heterocycles. The van der Waals surface area contributed by atoms with Crippen LogP contribution in [0.15, 0.2) is 12.1 Å². The molecule has 0 bridgehead atoms. The maximum absolute atomic E-state index is 11.0. The number of aryl methyl sites for hydroxylation is 1. The van der Waals surface area contributed by atoms with Crippen LogP contribution in [0.5, 0.6) is 0 Å². The van der Waals surface area contributed by atoms with E-state index in [1.54, 1.807) is 17.9 Å². The van der Waals surface area contributed by atoms with Crippen molar-refractivity contribution in [3.05, 3.63) is 27.9 Å². The molecule has 0 amide bonds. The Bertz CT molecular complexity index is 507. The normalized spacial score (nSPS) is 21.6. The molecular weight excluding hydrogens is 234 g/mol. The third-order valence-electron chi connectivity index (χ3n) is 3.76. The van der Waals surface area contributed by atoms with Gasteiger partial charge >= 0.3 is 5.69 Å². The zero-order valence-electron chi connectivity index (χ0n) is 10.2. The minimum Gasteiger partial charge on any atom is -0.386 e. The summed E-state index contributed by atoms with van der Waals surface area (Å²) < 4.78 is 0. The van der Waals surface area contributed by atoms with Crippen molar-refractivity contribution in [1.29, 1.82) is 0 Å². The Kier molecular flexibility index (Phi) is 2.31. The van der Waals surface area contributed by atoms with Gasteiger partial charge in [0.25, 0.3) is 0 Å². The number of nitrogens with zero attached hydrogens (tertiary/aromatic N) is 3. The molecule has 0 unspecified atom stereocenters. The molecule has 1 aromatic rings. The minimum absolute atomic E-state index is 0.0125. The van der Waals surface area contributed by atoms with E-state index in [0.717, 1.165) is 18.5 Å². The van der Waals surface area contributed by atoms with Gasteiger partial charge in [0, 0.05) is 11.8 Å². The molecule has 18 heavy (non-hydrogen) atoms. The predicted octanol–water partition coefficient (Wildman–Crippen LogP) is 1.26. The van der Waals surface area contributed by atoms with Crippen LogP contribution < -0.4 is 4.90 Å². The van der Waals surface area contributed by atoms with E-state index < -0.39 is 10.5 Å². The number of rotatable bonds is 3. The van der Waals surface area contributed by atoms with Gasteiger partial charge in [0.2, 0.25) is 5.82 Å². The highest BCUT2D eigenvalue weighted by Crippen LogP contribution is 2.46. The van der Waals surface area contributed by atoms with E-state index >= 15 is 0 Å². The number of β-amino-alcohol motifs (C(OH)–C–C–N with tert-alkyl or cyclic N) is 1. The van der Waals surface area contributed by atoms with Crippen molar-refractivity contribution in [3.63, 3.8) is 0 Å². The van der Waals surface area contributed by atoms with Crippen molar-refractivity contribution >= 4 is 11.5 Å². The lowest BCUT2D eigenvalue weighted by Crippen LogP contribution is -2.63. The largest absolute Gasteiger partial charge is 0.386 e. The van der Waals surface area contributed by atoms with Gasteiger partial charge in [-0.3, -0.25) is 10.1 Å². The van der Waals surface area contributed by atoms with Crippen LogP contribution in [-0.2, 0) is 0 Å². The van der Waals surface area contributed by atoms with Crippen molar-refractivity contribution in [3.8, 4) is 0 Å². The highest BCUT2D eigenvalue weighted by atomic mass is 16.6. The van der Waals surface area contributed by atoms with Crippen LogP contribution in [0.25, 0.3) is 0 Å². The summed E-state index contributed by atoms with van der Waals surface area (Å²) in [4.78, 5) is 16.6. The van der Waals surface area contributed by atoms with E-state index in [-0.39, 0.29) is 5.69 Å². The van der Waals surface area contributed by atoms with Gasteiger partial charge in [-0.1, -0.05) is 0 Å². The van der Waals surface area contributed by atoms with E-state index in [1.165, 1.54) is 6.07 Å². The molecule has 6 nitrogen and oxygen atoms in total. The van der Waals surface area contributed by atoms with Crippen molar-refractivity contribution in [2.45, 2.75) is 25.4 Å². The van der Waals surface area contributed by atoms with Gasteiger partial charge in [-0.15, -0.1) is 0 Å². The van der Waals surface area contributed by atoms with Crippen LogP contribution in [0, 0.1) is 23.0 Å². The Hall–Kier alpha value is -1.69. The topological polar surface area (TPSA) is 79.5 Å². The van der Waals surface area contributed by atoms with Crippen LogP contribution in [0.4, 0.5) is 11.5 Å². The molecule has 1 saturated carbocycles. The monoisotopic (exact) mass is 249 g/mol. The molecule has 96 valence electrons. The summed E-state index contributed by atoms with van der Waals surface area (Å²) in [6.07, 6.45) is 2.13. The Labute approximate surface area is 104 Å². The predicted molar refractivity (Wildman–Crippen MR) is 65.5 cm³/mol. The molecule has 2 aliphatic rings. The fraction of sp³-hybridized carbons (Fsp3) is 0.583. The molecule has 0 spiro atoms. The number of hydrogen-bond acceptors (Lipinski definition) is 5. The van der Waals surface area contributed by atoms with Crippen LogP contribution in [-0.4, -0.2) is 33.7 Å². The first-order valence-electron chi connectivity index (χ1n) is 6.09.